The van der Waals surface area contributed by atoms with E-state index in [1.807, 2.05) is 0 Å². The maximum Gasteiger partial charge on any atom is 0.190 e. The van der Waals surface area contributed by atoms with Crippen LogP contribution in [0.2, 0.25) is 5.02 Å². The normalized spacial score (nSPS) is 9.23. The quantitative estimate of drug-likeness (QED) is 0.418. The minimum absolute atomic E-state index is 0.159. The number of hydrogen-bond donors (Lipinski definition) is 0. The van der Waals surface area contributed by atoms with E-state index in [-0.39, 0.29) is 13.4 Å². The molecule has 0 fully saturated rings. The molecule has 0 aromatic heterocycles. The molecule has 0 bridgehead atoms. The zero-order chi connectivity index (χ0) is 9.52. The van der Waals surface area contributed by atoms with Crippen LogP contribution in [-0.4, -0.2) is 13.4 Å². The van der Waals surface area contributed by atoms with Crippen molar-refractivity contribution in [3.8, 4) is 18.1 Å². The van der Waals surface area contributed by atoms with E-state index in [1.165, 1.54) is 0 Å². The minimum Gasteiger partial charge on any atom is -0.468 e. The SMILES string of the molecule is C#CCOCOc1ccc(Cl)cc1. The van der Waals surface area contributed by atoms with E-state index in [0.29, 0.717) is 10.8 Å². The van der Waals surface area contributed by atoms with Crippen LogP contribution >= 0.6 is 11.6 Å². The van der Waals surface area contributed by atoms with Gasteiger partial charge in [-0.2, -0.15) is 0 Å². The molecule has 0 atom stereocenters. The Morgan fingerprint density at radius 2 is 2.00 bits per heavy atom. The van der Waals surface area contributed by atoms with Crippen LogP contribution in [0.3, 0.4) is 0 Å². The first-order valence-electron chi connectivity index (χ1n) is 3.72. The van der Waals surface area contributed by atoms with Crippen molar-refractivity contribution in [1.29, 1.82) is 0 Å². The molecule has 0 saturated carbocycles. The van der Waals surface area contributed by atoms with Crippen molar-refractivity contribution in [2.75, 3.05) is 13.4 Å². The summed E-state index contributed by atoms with van der Waals surface area (Å²) in [6, 6.07) is 7.03. The first-order chi connectivity index (χ1) is 6.33. The molecule has 0 aliphatic carbocycles. The summed E-state index contributed by atoms with van der Waals surface area (Å²) in [5.74, 6) is 3.05. The van der Waals surface area contributed by atoms with Crippen LogP contribution in [0.5, 0.6) is 5.75 Å². The Kier molecular flexibility index (Phi) is 4.17. The molecule has 0 radical (unpaired) electrons. The number of terminal acetylenes is 1. The average molecular weight is 197 g/mol. The second-order valence-electron chi connectivity index (χ2n) is 2.27. The third kappa shape index (κ3) is 3.84. The molecule has 0 aliphatic rings. The van der Waals surface area contributed by atoms with Crippen LogP contribution in [0, 0.1) is 12.3 Å². The van der Waals surface area contributed by atoms with Gasteiger partial charge in [0.05, 0.1) is 0 Å². The third-order valence-corrected chi connectivity index (χ3v) is 1.56. The fraction of sp³-hybridized carbons (Fsp3) is 0.200. The van der Waals surface area contributed by atoms with Gasteiger partial charge >= 0.3 is 0 Å². The van der Waals surface area contributed by atoms with Gasteiger partial charge in [0.2, 0.25) is 0 Å². The van der Waals surface area contributed by atoms with E-state index < -0.39 is 0 Å². The first-order valence-corrected chi connectivity index (χ1v) is 4.10. The van der Waals surface area contributed by atoms with Crippen LogP contribution < -0.4 is 4.74 Å². The number of halogens is 1. The highest BCUT2D eigenvalue weighted by atomic mass is 35.5. The molecule has 1 rings (SSSR count). The topological polar surface area (TPSA) is 18.5 Å². The lowest BCUT2D eigenvalue weighted by molar-refractivity contribution is 0.0333. The van der Waals surface area contributed by atoms with Gasteiger partial charge in [0, 0.05) is 5.02 Å². The van der Waals surface area contributed by atoms with E-state index >= 15 is 0 Å². The van der Waals surface area contributed by atoms with Crippen molar-refractivity contribution in [3.05, 3.63) is 29.3 Å². The van der Waals surface area contributed by atoms with Crippen LogP contribution in [-0.2, 0) is 4.74 Å². The van der Waals surface area contributed by atoms with E-state index in [9.17, 15) is 0 Å². The molecule has 0 saturated heterocycles. The molecular weight excluding hydrogens is 188 g/mol. The molecule has 1 aromatic rings. The van der Waals surface area contributed by atoms with Gasteiger partial charge in [0.1, 0.15) is 12.4 Å². The average Bonchev–Trinajstić information content (AvgIpc) is 2.15. The summed E-state index contributed by atoms with van der Waals surface area (Å²) in [5, 5.41) is 0.678. The molecule has 0 heterocycles. The zero-order valence-electron chi connectivity index (χ0n) is 7.00. The monoisotopic (exact) mass is 196 g/mol. The maximum absolute atomic E-state index is 5.68. The van der Waals surface area contributed by atoms with Crippen molar-refractivity contribution in [2.24, 2.45) is 0 Å². The molecule has 68 valence electrons. The Bertz CT molecular complexity index is 287. The van der Waals surface area contributed by atoms with Gasteiger partial charge < -0.3 is 9.47 Å². The van der Waals surface area contributed by atoms with Crippen LogP contribution in [0.25, 0.3) is 0 Å². The second-order valence-corrected chi connectivity index (χ2v) is 2.71. The molecule has 13 heavy (non-hydrogen) atoms. The van der Waals surface area contributed by atoms with E-state index in [2.05, 4.69) is 5.92 Å². The lowest BCUT2D eigenvalue weighted by atomic mass is 10.3. The van der Waals surface area contributed by atoms with E-state index in [4.69, 9.17) is 27.5 Å². The molecule has 1 aromatic carbocycles. The second kappa shape index (κ2) is 5.47. The van der Waals surface area contributed by atoms with Crippen molar-refractivity contribution in [1.82, 2.24) is 0 Å². The third-order valence-electron chi connectivity index (χ3n) is 1.31. The Morgan fingerprint density at radius 3 is 2.62 bits per heavy atom. The van der Waals surface area contributed by atoms with Gasteiger partial charge in [0.15, 0.2) is 6.79 Å². The largest absolute Gasteiger partial charge is 0.468 e. The van der Waals surface area contributed by atoms with Gasteiger partial charge in [-0.05, 0) is 24.3 Å². The molecular formula is C10H9ClO2. The molecule has 0 spiro atoms. The van der Waals surface area contributed by atoms with Crippen molar-refractivity contribution in [2.45, 2.75) is 0 Å². The molecule has 0 aliphatic heterocycles. The van der Waals surface area contributed by atoms with Crippen molar-refractivity contribution < 1.29 is 9.47 Å². The van der Waals surface area contributed by atoms with Crippen LogP contribution in [0.4, 0.5) is 0 Å². The summed E-state index contributed by atoms with van der Waals surface area (Å²) in [5.41, 5.74) is 0. The Balaban J connectivity index is 2.30. The lowest BCUT2D eigenvalue weighted by Gasteiger charge is -2.04. The van der Waals surface area contributed by atoms with E-state index in [1.54, 1.807) is 24.3 Å². The van der Waals surface area contributed by atoms with Gasteiger partial charge in [-0.15, -0.1) is 6.42 Å². The summed E-state index contributed by atoms with van der Waals surface area (Å²) in [4.78, 5) is 0. The molecule has 2 nitrogen and oxygen atoms in total. The van der Waals surface area contributed by atoms with Gasteiger partial charge in [-0.25, -0.2) is 0 Å². The molecule has 3 heteroatoms. The predicted octanol–water partition coefficient (Wildman–Crippen LogP) is 2.33. The Labute approximate surface area is 82.4 Å². The predicted molar refractivity (Wildman–Crippen MR) is 51.7 cm³/mol. The highest BCUT2D eigenvalue weighted by molar-refractivity contribution is 6.30. The van der Waals surface area contributed by atoms with Crippen LogP contribution in [0.15, 0.2) is 24.3 Å². The smallest absolute Gasteiger partial charge is 0.190 e. The highest BCUT2D eigenvalue weighted by Crippen LogP contribution is 2.15. The standard InChI is InChI=1S/C10H9ClO2/c1-2-7-12-8-13-10-5-3-9(11)4-6-10/h1,3-6H,7-8H2. The van der Waals surface area contributed by atoms with Gasteiger partial charge in [-0.3, -0.25) is 0 Å². The number of ether oxygens (including phenoxy) is 2. The minimum atomic E-state index is 0.159. The number of hydrogen-bond acceptors (Lipinski definition) is 2. The zero-order valence-corrected chi connectivity index (χ0v) is 7.75. The first kappa shape index (κ1) is 9.91. The lowest BCUT2D eigenvalue weighted by Crippen LogP contribution is -2.02. The summed E-state index contributed by atoms with van der Waals surface area (Å²) in [7, 11) is 0. The maximum atomic E-state index is 5.68. The molecule has 0 amide bonds. The summed E-state index contributed by atoms with van der Waals surface area (Å²) in [6.45, 7) is 0.416. The Hall–Kier alpha value is -1.17. The van der Waals surface area contributed by atoms with Gasteiger partial charge in [-0.1, -0.05) is 17.5 Å². The summed E-state index contributed by atoms with van der Waals surface area (Å²) >= 11 is 5.68. The fourth-order valence-electron chi connectivity index (χ4n) is 0.741. The molecule has 0 N–H and O–H groups in total. The van der Waals surface area contributed by atoms with Crippen LogP contribution in [0.1, 0.15) is 0 Å². The number of rotatable bonds is 4. The highest BCUT2D eigenvalue weighted by Gasteiger charge is 1.92. The Morgan fingerprint density at radius 1 is 1.31 bits per heavy atom. The van der Waals surface area contributed by atoms with E-state index in [0.717, 1.165) is 0 Å². The molecule has 0 unspecified atom stereocenters. The van der Waals surface area contributed by atoms with Gasteiger partial charge in [0.25, 0.3) is 0 Å². The number of benzene rings is 1. The summed E-state index contributed by atoms with van der Waals surface area (Å²) in [6.07, 6.45) is 4.98. The fourth-order valence-corrected chi connectivity index (χ4v) is 0.867. The van der Waals surface area contributed by atoms with Crippen molar-refractivity contribution in [3.63, 3.8) is 0 Å². The summed E-state index contributed by atoms with van der Waals surface area (Å²) < 4.78 is 10.1. The van der Waals surface area contributed by atoms with Crippen molar-refractivity contribution >= 4 is 11.6 Å².